The predicted octanol–water partition coefficient (Wildman–Crippen LogP) is 1.95. The first-order valence-electron chi connectivity index (χ1n) is 4.18. The second kappa shape index (κ2) is 3.77. The van der Waals surface area contributed by atoms with E-state index in [1.165, 1.54) is 19.3 Å². The first kappa shape index (κ1) is 7.80. The molecule has 1 fully saturated rings. The summed E-state index contributed by atoms with van der Waals surface area (Å²) in [6.45, 7) is 2.18. The minimum Gasteiger partial charge on any atom is -0.314 e. The summed E-state index contributed by atoms with van der Waals surface area (Å²) in [6.07, 6.45) is 8.87. The van der Waals surface area contributed by atoms with E-state index in [1.54, 1.807) is 0 Å². The molecular formula is C9H17N. The number of rotatable bonds is 3. The summed E-state index contributed by atoms with van der Waals surface area (Å²) in [7, 11) is 2.00. The van der Waals surface area contributed by atoms with Gasteiger partial charge in [0, 0.05) is 6.04 Å². The van der Waals surface area contributed by atoms with E-state index < -0.39 is 0 Å². The van der Waals surface area contributed by atoms with Gasteiger partial charge in [-0.3, -0.25) is 0 Å². The summed E-state index contributed by atoms with van der Waals surface area (Å²) in [6, 6.07) is 0.542. The van der Waals surface area contributed by atoms with Crippen LogP contribution in [-0.2, 0) is 0 Å². The lowest BCUT2D eigenvalue weighted by Crippen LogP contribution is -2.19. The molecule has 0 amide bonds. The Morgan fingerprint density at radius 1 is 1.50 bits per heavy atom. The predicted molar refractivity (Wildman–Crippen MR) is 45.0 cm³/mol. The highest BCUT2D eigenvalue weighted by molar-refractivity contribution is 4.97. The van der Waals surface area contributed by atoms with E-state index >= 15 is 0 Å². The molecule has 0 spiro atoms. The van der Waals surface area contributed by atoms with E-state index in [-0.39, 0.29) is 0 Å². The maximum absolute atomic E-state index is 3.18. The Labute approximate surface area is 63.5 Å². The molecule has 1 atom stereocenters. The SMILES string of the molecule is CNC(C)/C=C/C1CCC1. The molecule has 0 aromatic heterocycles. The van der Waals surface area contributed by atoms with Gasteiger partial charge >= 0.3 is 0 Å². The Hall–Kier alpha value is -0.300. The zero-order chi connectivity index (χ0) is 7.40. The Bertz CT molecular complexity index is 107. The molecule has 0 heterocycles. The molecule has 0 aromatic carbocycles. The van der Waals surface area contributed by atoms with Crippen LogP contribution < -0.4 is 5.32 Å². The van der Waals surface area contributed by atoms with Crippen molar-refractivity contribution in [3.8, 4) is 0 Å². The molecule has 1 heteroatoms. The van der Waals surface area contributed by atoms with Crippen molar-refractivity contribution in [3.63, 3.8) is 0 Å². The van der Waals surface area contributed by atoms with Crippen LogP contribution in [0.25, 0.3) is 0 Å². The van der Waals surface area contributed by atoms with Crippen LogP contribution in [0.5, 0.6) is 0 Å². The highest BCUT2D eigenvalue weighted by Gasteiger charge is 2.13. The van der Waals surface area contributed by atoms with Gasteiger partial charge in [-0.2, -0.15) is 0 Å². The van der Waals surface area contributed by atoms with Crippen molar-refractivity contribution in [3.05, 3.63) is 12.2 Å². The van der Waals surface area contributed by atoms with Crippen LogP contribution in [0, 0.1) is 5.92 Å². The van der Waals surface area contributed by atoms with Crippen LogP contribution in [0.2, 0.25) is 0 Å². The molecule has 1 nitrogen and oxygen atoms in total. The molecule has 10 heavy (non-hydrogen) atoms. The molecule has 1 rings (SSSR count). The minimum atomic E-state index is 0.542. The summed E-state index contributed by atoms with van der Waals surface area (Å²) in [4.78, 5) is 0. The molecule has 58 valence electrons. The molecule has 0 aromatic rings. The van der Waals surface area contributed by atoms with E-state index in [9.17, 15) is 0 Å². The fourth-order valence-electron chi connectivity index (χ4n) is 1.05. The van der Waals surface area contributed by atoms with Crippen molar-refractivity contribution in [1.29, 1.82) is 0 Å². The standard InChI is InChI=1S/C9H17N/c1-8(10-2)6-7-9-4-3-5-9/h6-10H,3-5H2,1-2H3/b7-6+. The number of allylic oxidation sites excluding steroid dienone is 1. The molecule has 1 unspecified atom stereocenters. The summed E-state index contributed by atoms with van der Waals surface area (Å²) < 4.78 is 0. The Balaban J connectivity index is 2.14. The van der Waals surface area contributed by atoms with Gasteiger partial charge in [0.1, 0.15) is 0 Å². The van der Waals surface area contributed by atoms with Crippen LogP contribution in [0.15, 0.2) is 12.2 Å². The Morgan fingerprint density at radius 2 is 2.20 bits per heavy atom. The van der Waals surface area contributed by atoms with E-state index in [2.05, 4.69) is 24.4 Å². The van der Waals surface area contributed by atoms with Crippen molar-refractivity contribution in [2.75, 3.05) is 7.05 Å². The van der Waals surface area contributed by atoms with Gasteiger partial charge in [-0.05, 0) is 32.7 Å². The molecule has 0 aliphatic heterocycles. The van der Waals surface area contributed by atoms with Crippen molar-refractivity contribution in [1.82, 2.24) is 5.32 Å². The van der Waals surface area contributed by atoms with Gasteiger partial charge in [-0.25, -0.2) is 0 Å². The van der Waals surface area contributed by atoms with E-state index in [0.717, 1.165) is 5.92 Å². The third-order valence-electron chi connectivity index (χ3n) is 2.28. The van der Waals surface area contributed by atoms with Gasteiger partial charge < -0.3 is 5.32 Å². The highest BCUT2D eigenvalue weighted by atomic mass is 14.8. The monoisotopic (exact) mass is 139 g/mol. The first-order valence-corrected chi connectivity index (χ1v) is 4.18. The van der Waals surface area contributed by atoms with Gasteiger partial charge in [0.05, 0.1) is 0 Å². The molecule has 0 radical (unpaired) electrons. The van der Waals surface area contributed by atoms with Crippen molar-refractivity contribution < 1.29 is 0 Å². The van der Waals surface area contributed by atoms with Crippen LogP contribution in [-0.4, -0.2) is 13.1 Å². The zero-order valence-electron chi connectivity index (χ0n) is 6.93. The maximum Gasteiger partial charge on any atom is 0.0218 e. The third-order valence-corrected chi connectivity index (χ3v) is 2.28. The average Bonchev–Trinajstić information content (AvgIpc) is 1.84. The number of hydrogen-bond acceptors (Lipinski definition) is 1. The van der Waals surface area contributed by atoms with Gasteiger partial charge in [-0.15, -0.1) is 0 Å². The van der Waals surface area contributed by atoms with Crippen LogP contribution in [0.4, 0.5) is 0 Å². The summed E-state index contributed by atoms with van der Waals surface area (Å²) in [5.74, 6) is 0.899. The number of likely N-dealkylation sites (N-methyl/N-ethyl adjacent to an activating group) is 1. The minimum absolute atomic E-state index is 0.542. The molecule has 0 saturated heterocycles. The van der Waals surface area contributed by atoms with Gasteiger partial charge in [-0.1, -0.05) is 18.6 Å². The molecule has 1 aliphatic carbocycles. The smallest absolute Gasteiger partial charge is 0.0218 e. The van der Waals surface area contributed by atoms with Crippen molar-refractivity contribution in [2.45, 2.75) is 32.2 Å². The fourth-order valence-corrected chi connectivity index (χ4v) is 1.05. The molecule has 1 N–H and O–H groups in total. The number of hydrogen-bond donors (Lipinski definition) is 1. The molecule has 1 aliphatic rings. The lowest BCUT2D eigenvalue weighted by molar-refractivity contribution is 0.386. The normalized spacial score (nSPS) is 23.0. The lowest BCUT2D eigenvalue weighted by Gasteiger charge is -2.21. The molecule has 0 bridgehead atoms. The molecule has 1 saturated carbocycles. The maximum atomic E-state index is 3.18. The summed E-state index contributed by atoms with van der Waals surface area (Å²) >= 11 is 0. The van der Waals surface area contributed by atoms with E-state index in [0.29, 0.717) is 6.04 Å². The van der Waals surface area contributed by atoms with E-state index in [4.69, 9.17) is 0 Å². The van der Waals surface area contributed by atoms with Crippen LogP contribution in [0.1, 0.15) is 26.2 Å². The second-order valence-electron chi connectivity index (χ2n) is 3.15. The second-order valence-corrected chi connectivity index (χ2v) is 3.15. The summed E-state index contributed by atoms with van der Waals surface area (Å²) in [5.41, 5.74) is 0. The largest absolute Gasteiger partial charge is 0.314 e. The quantitative estimate of drug-likeness (QED) is 0.589. The molecular weight excluding hydrogens is 122 g/mol. The third kappa shape index (κ3) is 2.14. The van der Waals surface area contributed by atoms with Crippen molar-refractivity contribution in [2.24, 2.45) is 5.92 Å². The van der Waals surface area contributed by atoms with E-state index in [1.807, 2.05) is 7.05 Å². The Kier molecular flexibility index (Phi) is 2.94. The fraction of sp³-hybridized carbons (Fsp3) is 0.778. The zero-order valence-corrected chi connectivity index (χ0v) is 6.93. The topological polar surface area (TPSA) is 12.0 Å². The summed E-state index contributed by atoms with van der Waals surface area (Å²) in [5, 5.41) is 3.18. The first-order chi connectivity index (χ1) is 4.83. The van der Waals surface area contributed by atoms with Gasteiger partial charge in [0.2, 0.25) is 0 Å². The van der Waals surface area contributed by atoms with Crippen molar-refractivity contribution >= 4 is 0 Å². The Morgan fingerprint density at radius 3 is 2.60 bits per heavy atom. The average molecular weight is 139 g/mol. The lowest BCUT2D eigenvalue weighted by atomic mass is 9.85. The van der Waals surface area contributed by atoms with Crippen LogP contribution in [0.3, 0.4) is 0 Å². The number of nitrogens with one attached hydrogen (secondary N) is 1. The van der Waals surface area contributed by atoms with Gasteiger partial charge in [0.15, 0.2) is 0 Å². The highest BCUT2D eigenvalue weighted by Crippen LogP contribution is 2.27. The van der Waals surface area contributed by atoms with Gasteiger partial charge in [0.25, 0.3) is 0 Å². The van der Waals surface area contributed by atoms with Crippen LogP contribution >= 0.6 is 0 Å².